The van der Waals surface area contributed by atoms with Crippen molar-refractivity contribution in [3.8, 4) is 0 Å². The molecule has 1 aromatic rings. The van der Waals surface area contributed by atoms with Crippen LogP contribution in [0.25, 0.3) is 0 Å². The molecule has 0 fully saturated rings. The van der Waals surface area contributed by atoms with Crippen LogP contribution in [-0.2, 0) is 19.5 Å². The molecule has 0 aliphatic carbocycles. The van der Waals surface area contributed by atoms with E-state index < -0.39 is 0 Å². The second-order valence-corrected chi connectivity index (χ2v) is 5.05. The maximum absolute atomic E-state index is 5.53. The number of nitrogens with two attached hydrogens (primary N) is 1. The molecule has 0 saturated heterocycles. The first-order chi connectivity index (χ1) is 8.13. The maximum atomic E-state index is 5.53. The summed E-state index contributed by atoms with van der Waals surface area (Å²) in [6.45, 7) is 7.87. The molecule has 0 bridgehead atoms. The van der Waals surface area contributed by atoms with Crippen molar-refractivity contribution in [3.63, 3.8) is 0 Å². The molecule has 98 valence electrons. The highest BCUT2D eigenvalue weighted by Gasteiger charge is 2.14. The van der Waals surface area contributed by atoms with E-state index in [-0.39, 0.29) is 0 Å². The lowest BCUT2D eigenvalue weighted by molar-refractivity contribution is 0.312. The highest BCUT2D eigenvalue weighted by atomic mass is 79.9. The van der Waals surface area contributed by atoms with E-state index in [1.54, 1.807) is 0 Å². The van der Waals surface area contributed by atoms with Gasteiger partial charge in [0.1, 0.15) is 0 Å². The molecule has 0 unspecified atom stereocenters. The lowest BCUT2D eigenvalue weighted by Gasteiger charge is -2.17. The first-order valence-corrected chi connectivity index (χ1v) is 7.05. The first kappa shape index (κ1) is 14.7. The second-order valence-electron chi connectivity index (χ2n) is 4.26. The van der Waals surface area contributed by atoms with Crippen molar-refractivity contribution in [3.05, 3.63) is 15.9 Å². The van der Waals surface area contributed by atoms with Crippen LogP contribution in [0, 0.1) is 0 Å². The predicted molar refractivity (Wildman–Crippen MR) is 75.0 cm³/mol. The van der Waals surface area contributed by atoms with Gasteiger partial charge in [-0.05, 0) is 55.8 Å². The summed E-state index contributed by atoms with van der Waals surface area (Å²) in [5, 5.41) is 4.60. The van der Waals surface area contributed by atoms with E-state index in [1.165, 1.54) is 10.2 Å². The maximum Gasteiger partial charge on any atom is 0.0767 e. The normalized spacial score (nSPS) is 11.4. The fraction of sp³-hybridized carbons (Fsp3) is 0.750. The monoisotopic (exact) mass is 302 g/mol. The Morgan fingerprint density at radius 1 is 1.41 bits per heavy atom. The lowest BCUT2D eigenvalue weighted by atomic mass is 10.3. The molecule has 0 aliphatic rings. The number of aromatic nitrogens is 2. The van der Waals surface area contributed by atoms with E-state index >= 15 is 0 Å². The summed E-state index contributed by atoms with van der Waals surface area (Å²) in [5.41, 5.74) is 7.94. The number of aryl methyl sites for hydroxylation is 2. The molecular formula is C12H23BrN4. The smallest absolute Gasteiger partial charge is 0.0767 e. The van der Waals surface area contributed by atoms with E-state index in [4.69, 9.17) is 5.73 Å². The van der Waals surface area contributed by atoms with E-state index in [0.717, 1.165) is 44.7 Å². The molecule has 1 aromatic heterocycles. The number of rotatable bonds is 7. The van der Waals surface area contributed by atoms with Gasteiger partial charge in [0.15, 0.2) is 0 Å². The molecule has 0 aromatic carbocycles. The summed E-state index contributed by atoms with van der Waals surface area (Å²) < 4.78 is 3.25. The molecule has 1 rings (SSSR count). The molecule has 4 nitrogen and oxygen atoms in total. The zero-order valence-electron chi connectivity index (χ0n) is 11.0. The van der Waals surface area contributed by atoms with Crippen LogP contribution in [-0.4, -0.2) is 34.8 Å². The van der Waals surface area contributed by atoms with E-state index in [2.05, 4.69) is 51.5 Å². The van der Waals surface area contributed by atoms with Gasteiger partial charge in [-0.15, -0.1) is 0 Å². The van der Waals surface area contributed by atoms with Crippen molar-refractivity contribution < 1.29 is 0 Å². The molecule has 1 heterocycles. The van der Waals surface area contributed by atoms with Gasteiger partial charge >= 0.3 is 0 Å². The van der Waals surface area contributed by atoms with Gasteiger partial charge in [0.05, 0.1) is 15.9 Å². The van der Waals surface area contributed by atoms with Crippen molar-refractivity contribution in [2.24, 2.45) is 5.73 Å². The standard InChI is InChI=1S/C12H23BrN4/c1-4-10-12(13)11(17(5-2)15-10)9-16(3)8-6-7-14/h4-9,14H2,1-3H3. The van der Waals surface area contributed by atoms with Crippen molar-refractivity contribution in [2.45, 2.75) is 39.8 Å². The third-order valence-electron chi connectivity index (χ3n) is 2.86. The van der Waals surface area contributed by atoms with E-state index in [1.807, 2.05) is 0 Å². The minimum atomic E-state index is 0.749. The van der Waals surface area contributed by atoms with Crippen LogP contribution >= 0.6 is 15.9 Å². The van der Waals surface area contributed by atoms with Gasteiger partial charge in [0, 0.05) is 13.1 Å². The predicted octanol–water partition coefficient (Wildman–Crippen LogP) is 2.01. The van der Waals surface area contributed by atoms with Gasteiger partial charge in [0.2, 0.25) is 0 Å². The number of hydrogen-bond donors (Lipinski definition) is 1. The Labute approximate surface area is 112 Å². The van der Waals surface area contributed by atoms with Crippen molar-refractivity contribution in [1.29, 1.82) is 0 Å². The summed E-state index contributed by atoms with van der Waals surface area (Å²) in [5.74, 6) is 0. The topological polar surface area (TPSA) is 47.1 Å². The molecule has 0 aliphatic heterocycles. The van der Waals surface area contributed by atoms with Crippen molar-refractivity contribution in [2.75, 3.05) is 20.1 Å². The van der Waals surface area contributed by atoms with Gasteiger partial charge in [-0.1, -0.05) is 6.92 Å². The van der Waals surface area contributed by atoms with E-state index in [0.29, 0.717) is 0 Å². The molecule has 2 N–H and O–H groups in total. The summed E-state index contributed by atoms with van der Waals surface area (Å²) in [7, 11) is 2.13. The second kappa shape index (κ2) is 7.13. The Kier molecular flexibility index (Phi) is 6.16. The summed E-state index contributed by atoms with van der Waals surface area (Å²) >= 11 is 3.67. The molecule has 5 heteroatoms. The van der Waals surface area contributed by atoms with Crippen LogP contribution in [0.3, 0.4) is 0 Å². The van der Waals surface area contributed by atoms with Crippen LogP contribution in [0.15, 0.2) is 4.47 Å². The first-order valence-electron chi connectivity index (χ1n) is 6.26. The quantitative estimate of drug-likeness (QED) is 0.838. The van der Waals surface area contributed by atoms with Gasteiger partial charge in [0.25, 0.3) is 0 Å². The molecule has 0 saturated carbocycles. The highest BCUT2D eigenvalue weighted by molar-refractivity contribution is 9.10. The third-order valence-corrected chi connectivity index (χ3v) is 3.77. The zero-order chi connectivity index (χ0) is 12.8. The Hall–Kier alpha value is -0.390. The Balaban J connectivity index is 2.78. The Morgan fingerprint density at radius 3 is 2.65 bits per heavy atom. The summed E-state index contributed by atoms with van der Waals surface area (Å²) in [6.07, 6.45) is 2.00. The Bertz CT molecular complexity index is 349. The van der Waals surface area contributed by atoms with Gasteiger partial charge in [-0.3, -0.25) is 4.68 Å². The summed E-state index contributed by atoms with van der Waals surface area (Å²) in [6, 6.07) is 0. The molecule has 17 heavy (non-hydrogen) atoms. The van der Waals surface area contributed by atoms with Gasteiger partial charge in [-0.2, -0.15) is 5.10 Å². The van der Waals surface area contributed by atoms with Crippen LogP contribution in [0.5, 0.6) is 0 Å². The van der Waals surface area contributed by atoms with Crippen LogP contribution in [0.2, 0.25) is 0 Å². The number of nitrogens with zero attached hydrogens (tertiary/aromatic N) is 3. The van der Waals surface area contributed by atoms with E-state index in [9.17, 15) is 0 Å². The van der Waals surface area contributed by atoms with Crippen LogP contribution in [0.4, 0.5) is 0 Å². The molecule has 0 radical (unpaired) electrons. The van der Waals surface area contributed by atoms with Crippen molar-refractivity contribution in [1.82, 2.24) is 14.7 Å². The minimum Gasteiger partial charge on any atom is -0.330 e. The minimum absolute atomic E-state index is 0.749. The average Bonchev–Trinajstić information content (AvgIpc) is 2.63. The van der Waals surface area contributed by atoms with Crippen molar-refractivity contribution >= 4 is 15.9 Å². The SMILES string of the molecule is CCc1nn(CC)c(CN(C)CCCN)c1Br. The molecule has 0 amide bonds. The molecule has 0 atom stereocenters. The highest BCUT2D eigenvalue weighted by Crippen LogP contribution is 2.23. The molecule has 0 spiro atoms. The van der Waals surface area contributed by atoms with Gasteiger partial charge in [-0.25, -0.2) is 0 Å². The fourth-order valence-electron chi connectivity index (χ4n) is 1.86. The number of halogens is 1. The molecular weight excluding hydrogens is 280 g/mol. The fourth-order valence-corrected chi connectivity index (χ4v) is 2.55. The Morgan fingerprint density at radius 2 is 2.12 bits per heavy atom. The number of hydrogen-bond acceptors (Lipinski definition) is 3. The summed E-state index contributed by atoms with van der Waals surface area (Å²) in [4.78, 5) is 2.29. The zero-order valence-corrected chi connectivity index (χ0v) is 12.6. The van der Waals surface area contributed by atoms with Gasteiger partial charge < -0.3 is 10.6 Å². The van der Waals surface area contributed by atoms with Crippen LogP contribution < -0.4 is 5.73 Å². The third kappa shape index (κ3) is 3.79. The van der Waals surface area contributed by atoms with Crippen LogP contribution in [0.1, 0.15) is 31.7 Å². The largest absolute Gasteiger partial charge is 0.330 e. The average molecular weight is 303 g/mol. The lowest BCUT2D eigenvalue weighted by Crippen LogP contribution is -2.23.